The number of hydrogen-bond donors (Lipinski definition) is 3. The summed E-state index contributed by atoms with van der Waals surface area (Å²) < 4.78 is 33.6. The van der Waals surface area contributed by atoms with E-state index in [0.717, 1.165) is 38.5 Å². The molecule has 12 nitrogen and oxygen atoms in total. The minimum absolute atomic E-state index is 0.0825. The van der Waals surface area contributed by atoms with Gasteiger partial charge in [-0.25, -0.2) is 0 Å². The van der Waals surface area contributed by atoms with Crippen molar-refractivity contribution in [2.24, 2.45) is 0 Å². The highest BCUT2D eigenvalue weighted by molar-refractivity contribution is 7.45. The lowest BCUT2D eigenvalue weighted by Gasteiger charge is -2.28. The summed E-state index contributed by atoms with van der Waals surface area (Å²) in [5, 5.41) is 30.4. The number of phosphoric acid groups is 1. The fourth-order valence-electron chi connectivity index (χ4n) is 5.46. The van der Waals surface area contributed by atoms with E-state index < -0.39 is 57.4 Å². The number of aliphatic hydroxyl groups is 3. The van der Waals surface area contributed by atoms with Gasteiger partial charge in [-0.15, -0.1) is 0 Å². The largest absolute Gasteiger partial charge is 0.756 e. The number of nitrogens with zero attached hydrogens (tertiary/aromatic N) is 1. The van der Waals surface area contributed by atoms with Crippen LogP contribution >= 0.6 is 7.82 Å². The van der Waals surface area contributed by atoms with Crippen molar-refractivity contribution in [2.75, 3.05) is 47.5 Å². The summed E-state index contributed by atoms with van der Waals surface area (Å²) >= 11 is 0. The number of esters is 2. The molecule has 0 aliphatic rings. The van der Waals surface area contributed by atoms with Crippen LogP contribution < -0.4 is 4.89 Å². The highest BCUT2D eigenvalue weighted by Gasteiger charge is 2.22. The fourth-order valence-corrected chi connectivity index (χ4v) is 6.19. The smallest absolute Gasteiger partial charge is 0.306 e. The van der Waals surface area contributed by atoms with Gasteiger partial charge in [0.2, 0.25) is 0 Å². The molecule has 0 spiro atoms. The summed E-state index contributed by atoms with van der Waals surface area (Å²) in [6.07, 6.45) is 34.5. The number of hydrogen-bond acceptors (Lipinski definition) is 11. The number of carbonyl (C=O) groups is 2. The first-order chi connectivity index (χ1) is 28.2. The Morgan fingerprint density at radius 3 is 1.88 bits per heavy atom. The highest BCUT2D eigenvalue weighted by Crippen LogP contribution is 2.38. The van der Waals surface area contributed by atoms with Crippen LogP contribution in [0.2, 0.25) is 0 Å². The van der Waals surface area contributed by atoms with Crippen molar-refractivity contribution in [3.63, 3.8) is 0 Å². The minimum atomic E-state index is -4.71. The number of ether oxygens (including phenoxy) is 2. The van der Waals surface area contributed by atoms with Crippen LogP contribution in [0, 0.1) is 0 Å². The molecule has 0 saturated heterocycles. The summed E-state index contributed by atoms with van der Waals surface area (Å²) in [6.45, 7) is 3.60. The summed E-state index contributed by atoms with van der Waals surface area (Å²) in [7, 11) is 0.960. The lowest BCUT2D eigenvalue weighted by molar-refractivity contribution is -0.870. The van der Waals surface area contributed by atoms with Gasteiger partial charge in [-0.3, -0.25) is 14.2 Å². The number of carbonyl (C=O) groups excluding carboxylic acids is 2. The number of phosphoric ester groups is 1. The molecule has 0 aromatic rings. The first kappa shape index (κ1) is 56.3. The van der Waals surface area contributed by atoms with Crippen LogP contribution in [-0.4, -0.2) is 104 Å². The van der Waals surface area contributed by atoms with Gasteiger partial charge in [0.05, 0.1) is 46.1 Å². The van der Waals surface area contributed by atoms with Crippen molar-refractivity contribution in [1.82, 2.24) is 0 Å². The number of rotatable bonds is 38. The molecule has 3 N–H and O–H groups in total. The average molecular weight is 854 g/mol. The van der Waals surface area contributed by atoms with Crippen LogP contribution in [0.5, 0.6) is 0 Å². The number of likely N-dealkylation sites (N-methyl/N-ethyl adjacent to an activating group) is 1. The molecule has 0 aliphatic carbocycles. The van der Waals surface area contributed by atoms with E-state index in [-0.39, 0.29) is 32.3 Å². The Balaban J connectivity index is 4.71. The second kappa shape index (κ2) is 37.1. The van der Waals surface area contributed by atoms with Crippen molar-refractivity contribution >= 4 is 19.8 Å². The first-order valence-corrected chi connectivity index (χ1v) is 23.4. The molecular weight excluding hydrogens is 773 g/mol. The van der Waals surface area contributed by atoms with Gasteiger partial charge >= 0.3 is 11.9 Å². The molecule has 13 heteroatoms. The number of aliphatic hydroxyl groups excluding tert-OH is 3. The maximum atomic E-state index is 12.7. The van der Waals surface area contributed by atoms with Crippen molar-refractivity contribution < 1.29 is 57.4 Å². The lowest BCUT2D eigenvalue weighted by atomic mass is 10.1. The molecule has 59 heavy (non-hydrogen) atoms. The van der Waals surface area contributed by atoms with Gasteiger partial charge < -0.3 is 43.2 Å². The molecule has 0 heterocycles. The molecule has 0 bridgehead atoms. The summed E-state index contributed by atoms with van der Waals surface area (Å²) in [4.78, 5) is 37.6. The number of quaternary nitrogens is 1. The Hall–Kier alpha value is -2.67. The van der Waals surface area contributed by atoms with Crippen LogP contribution in [0.1, 0.15) is 136 Å². The van der Waals surface area contributed by atoms with Crippen LogP contribution in [0.3, 0.4) is 0 Å². The molecule has 0 saturated carbocycles. The molecule has 0 aliphatic heterocycles. The normalized spacial score (nSPS) is 15.9. The van der Waals surface area contributed by atoms with E-state index in [1.807, 2.05) is 40.2 Å². The van der Waals surface area contributed by atoms with Crippen LogP contribution in [0.25, 0.3) is 0 Å². The Morgan fingerprint density at radius 2 is 1.25 bits per heavy atom. The van der Waals surface area contributed by atoms with Gasteiger partial charge in [0, 0.05) is 12.8 Å². The third-order valence-electron chi connectivity index (χ3n) is 9.05. The minimum Gasteiger partial charge on any atom is -0.756 e. The van der Waals surface area contributed by atoms with Gasteiger partial charge in [0.15, 0.2) is 6.10 Å². The SMILES string of the molecule is CC/C=C\C[C@@H](O)/C=C/C=C/C=C\C=C/[C@H](O)[C@@H](O)CCCC(=O)OC[C@H](COP(=O)([O-])OCC[N+](C)(C)C)OC(=O)CCCCCCCCC/C=C\CCCCCC. The summed E-state index contributed by atoms with van der Waals surface area (Å²) in [5.41, 5.74) is 0. The fraction of sp³-hybridized carbons (Fsp3) is 0.696. The maximum Gasteiger partial charge on any atom is 0.306 e. The third kappa shape index (κ3) is 39.2. The third-order valence-corrected chi connectivity index (χ3v) is 10.0. The Morgan fingerprint density at radius 1 is 0.678 bits per heavy atom. The first-order valence-electron chi connectivity index (χ1n) is 22.0. The van der Waals surface area contributed by atoms with Crippen molar-refractivity contribution in [3.8, 4) is 0 Å². The van der Waals surface area contributed by atoms with Crippen molar-refractivity contribution in [3.05, 3.63) is 72.9 Å². The van der Waals surface area contributed by atoms with Gasteiger partial charge in [-0.1, -0.05) is 138 Å². The molecule has 1 unspecified atom stereocenters. The maximum absolute atomic E-state index is 12.7. The Bertz CT molecular complexity index is 1290. The average Bonchev–Trinajstić information content (AvgIpc) is 3.17. The zero-order chi connectivity index (χ0) is 44.0. The second-order valence-corrected chi connectivity index (χ2v) is 17.3. The van der Waals surface area contributed by atoms with E-state index in [2.05, 4.69) is 19.1 Å². The quantitative estimate of drug-likeness (QED) is 0.0136. The molecule has 0 rings (SSSR count). The van der Waals surface area contributed by atoms with Crippen LogP contribution in [0.4, 0.5) is 0 Å². The van der Waals surface area contributed by atoms with Gasteiger partial charge in [0.25, 0.3) is 7.82 Å². The van der Waals surface area contributed by atoms with E-state index in [4.69, 9.17) is 18.5 Å². The number of allylic oxidation sites excluding steroid dienone is 9. The molecular formula is C46H80NO11P. The van der Waals surface area contributed by atoms with Crippen LogP contribution in [-0.2, 0) is 32.7 Å². The molecule has 0 fully saturated rings. The van der Waals surface area contributed by atoms with E-state index in [0.29, 0.717) is 23.9 Å². The number of unbranched alkanes of at least 4 members (excludes halogenated alkanes) is 11. The molecule has 340 valence electrons. The van der Waals surface area contributed by atoms with Crippen molar-refractivity contribution in [1.29, 1.82) is 0 Å². The molecule has 0 radical (unpaired) electrons. The van der Waals surface area contributed by atoms with E-state index in [1.54, 1.807) is 42.5 Å². The summed E-state index contributed by atoms with van der Waals surface area (Å²) in [6, 6.07) is 0. The van der Waals surface area contributed by atoms with E-state index in [9.17, 15) is 34.4 Å². The predicted octanol–water partition coefficient (Wildman–Crippen LogP) is 8.52. The topological polar surface area (TPSA) is 172 Å². The monoisotopic (exact) mass is 854 g/mol. The van der Waals surface area contributed by atoms with E-state index in [1.165, 1.54) is 51.0 Å². The van der Waals surface area contributed by atoms with Gasteiger partial charge in [0.1, 0.15) is 19.8 Å². The highest BCUT2D eigenvalue weighted by atomic mass is 31.2. The molecule has 5 atom stereocenters. The molecule has 0 amide bonds. The lowest BCUT2D eigenvalue weighted by Crippen LogP contribution is -2.37. The molecule has 0 aromatic heterocycles. The van der Waals surface area contributed by atoms with Gasteiger partial charge in [-0.2, -0.15) is 0 Å². The second-order valence-electron chi connectivity index (χ2n) is 15.9. The molecule has 0 aromatic carbocycles. The van der Waals surface area contributed by atoms with E-state index >= 15 is 0 Å². The predicted molar refractivity (Wildman–Crippen MR) is 235 cm³/mol. The standard InChI is InChI=1S/C46H80NO11P/c1-6-8-10-11-12-13-14-15-16-17-18-19-20-25-29-35-46(52)58-42(40-57-59(53,54)56-38-37-47(3,4)5)39-55-45(51)36-30-34-44(50)43(49)33-28-24-22-21-23-27-32-41(48)31-26-9-7-2/h9,13-14,21-24,26-28,32-33,41-44,48-50H,6-8,10-12,15-20,25,29-31,34-40H2,1-5H3/b14-13-,23-21+,24-22-,26-9-,32-27+,33-28-/t41-,42-,43+,44+/m1/s1. The Kier molecular flexibility index (Phi) is 35.4. The zero-order valence-electron chi connectivity index (χ0n) is 37.0. The van der Waals surface area contributed by atoms with Crippen LogP contribution in [0.15, 0.2) is 72.9 Å². The summed E-state index contributed by atoms with van der Waals surface area (Å²) in [5.74, 6) is -1.18. The van der Waals surface area contributed by atoms with Gasteiger partial charge in [-0.05, 0) is 57.8 Å². The Labute approximate surface area is 356 Å². The van der Waals surface area contributed by atoms with Crippen molar-refractivity contribution in [2.45, 2.75) is 160 Å². The zero-order valence-corrected chi connectivity index (χ0v) is 37.9.